The molecule has 0 fully saturated rings. The molecule has 3 heterocycles. The van der Waals surface area contributed by atoms with Crippen molar-refractivity contribution in [1.29, 1.82) is 0 Å². The average molecular weight is 376 g/mol. The standard InChI is InChI=1S/C17H25N7OS/c1-13-15(19-11-18-13)10-24(8-7-22(2)3)9-14-5-6-16(25-14)26-17-21-20-12-23(17)4/h5-6,11-12H,7-10H2,1-4H3,(H,18,19). The first-order valence-electron chi connectivity index (χ1n) is 8.47. The van der Waals surface area contributed by atoms with Gasteiger partial charge in [-0.1, -0.05) is 0 Å². The number of furan rings is 1. The fourth-order valence-corrected chi connectivity index (χ4v) is 3.23. The van der Waals surface area contributed by atoms with Crippen molar-refractivity contribution in [1.82, 2.24) is 34.5 Å². The molecule has 1 N–H and O–H groups in total. The van der Waals surface area contributed by atoms with E-state index in [1.165, 1.54) is 11.8 Å². The van der Waals surface area contributed by atoms with Crippen LogP contribution in [0.2, 0.25) is 0 Å². The number of nitrogens with one attached hydrogen (secondary N) is 1. The Labute approximate surface area is 157 Å². The van der Waals surface area contributed by atoms with Gasteiger partial charge in [-0.25, -0.2) is 4.98 Å². The molecule has 0 saturated heterocycles. The summed E-state index contributed by atoms with van der Waals surface area (Å²) >= 11 is 1.47. The van der Waals surface area contributed by atoms with Crippen molar-refractivity contribution in [2.45, 2.75) is 30.3 Å². The fraction of sp³-hybridized carbons (Fsp3) is 0.471. The van der Waals surface area contributed by atoms with Crippen LogP contribution in [0.1, 0.15) is 17.1 Å². The van der Waals surface area contributed by atoms with Crippen LogP contribution in [-0.4, -0.2) is 61.7 Å². The second kappa shape index (κ2) is 8.52. The number of imidazole rings is 1. The molecule has 0 aliphatic carbocycles. The molecule has 0 saturated carbocycles. The molecule has 0 bridgehead atoms. The van der Waals surface area contributed by atoms with Gasteiger partial charge < -0.3 is 18.9 Å². The van der Waals surface area contributed by atoms with Gasteiger partial charge in [0.2, 0.25) is 0 Å². The number of aromatic amines is 1. The molecular weight excluding hydrogens is 350 g/mol. The lowest BCUT2D eigenvalue weighted by Gasteiger charge is -2.22. The first kappa shape index (κ1) is 18.7. The Hall–Kier alpha value is -2.10. The maximum atomic E-state index is 6.00. The maximum Gasteiger partial charge on any atom is 0.198 e. The summed E-state index contributed by atoms with van der Waals surface area (Å²) in [5, 5.41) is 9.60. The topological polar surface area (TPSA) is 79.0 Å². The summed E-state index contributed by atoms with van der Waals surface area (Å²) in [6.07, 6.45) is 3.43. The van der Waals surface area contributed by atoms with Gasteiger partial charge in [-0.3, -0.25) is 4.90 Å². The Balaban J connectivity index is 1.66. The van der Waals surface area contributed by atoms with Gasteiger partial charge in [0.1, 0.15) is 12.1 Å². The van der Waals surface area contributed by atoms with Crippen molar-refractivity contribution in [3.05, 3.63) is 41.9 Å². The van der Waals surface area contributed by atoms with Crippen molar-refractivity contribution in [2.75, 3.05) is 27.2 Å². The minimum absolute atomic E-state index is 0.736. The fourth-order valence-electron chi connectivity index (χ4n) is 2.49. The van der Waals surface area contributed by atoms with Crippen LogP contribution in [-0.2, 0) is 20.1 Å². The number of hydrogen-bond acceptors (Lipinski definition) is 7. The Morgan fingerprint density at radius 2 is 2.08 bits per heavy atom. The third-order valence-electron chi connectivity index (χ3n) is 4.05. The number of rotatable bonds is 9. The SMILES string of the molecule is Cc1[nH]cnc1CN(CCN(C)C)Cc1ccc(Sc2nncn2C)o1. The first-order valence-corrected chi connectivity index (χ1v) is 9.29. The quantitative estimate of drug-likeness (QED) is 0.614. The van der Waals surface area contributed by atoms with Crippen molar-refractivity contribution in [2.24, 2.45) is 7.05 Å². The van der Waals surface area contributed by atoms with Gasteiger partial charge in [0.05, 0.1) is 18.6 Å². The molecule has 3 rings (SSSR count). The number of H-pyrrole nitrogens is 1. The molecule has 0 amide bonds. The van der Waals surface area contributed by atoms with E-state index >= 15 is 0 Å². The normalized spacial score (nSPS) is 11.8. The molecule has 9 heteroatoms. The number of likely N-dealkylation sites (N-methyl/N-ethyl adjacent to an activating group) is 1. The summed E-state index contributed by atoms with van der Waals surface area (Å²) in [7, 11) is 6.09. The van der Waals surface area contributed by atoms with Crippen LogP contribution in [0.5, 0.6) is 0 Å². The van der Waals surface area contributed by atoms with E-state index in [9.17, 15) is 0 Å². The van der Waals surface area contributed by atoms with E-state index in [0.29, 0.717) is 0 Å². The zero-order valence-corrected chi connectivity index (χ0v) is 16.5. The Morgan fingerprint density at radius 3 is 2.73 bits per heavy atom. The van der Waals surface area contributed by atoms with Crippen LogP contribution < -0.4 is 0 Å². The van der Waals surface area contributed by atoms with Gasteiger partial charge in [0.15, 0.2) is 10.2 Å². The molecule has 0 aliphatic rings. The van der Waals surface area contributed by atoms with Gasteiger partial charge in [0.25, 0.3) is 0 Å². The molecule has 3 aromatic rings. The zero-order chi connectivity index (χ0) is 18.5. The molecule has 0 spiro atoms. The van der Waals surface area contributed by atoms with E-state index < -0.39 is 0 Å². The van der Waals surface area contributed by atoms with Gasteiger partial charge in [-0.05, 0) is 44.9 Å². The summed E-state index contributed by atoms with van der Waals surface area (Å²) in [5.74, 6) is 0.932. The van der Waals surface area contributed by atoms with E-state index in [4.69, 9.17) is 4.42 Å². The zero-order valence-electron chi connectivity index (χ0n) is 15.6. The van der Waals surface area contributed by atoms with Crippen LogP contribution in [0, 0.1) is 6.92 Å². The number of aryl methyl sites for hydroxylation is 2. The maximum absolute atomic E-state index is 6.00. The van der Waals surface area contributed by atoms with Crippen LogP contribution in [0.25, 0.3) is 0 Å². The van der Waals surface area contributed by atoms with Crippen LogP contribution >= 0.6 is 11.8 Å². The van der Waals surface area contributed by atoms with E-state index in [-0.39, 0.29) is 0 Å². The molecule has 0 atom stereocenters. The predicted molar refractivity (Wildman–Crippen MR) is 99.8 cm³/mol. The number of aromatic nitrogens is 5. The average Bonchev–Trinajstić information content (AvgIpc) is 3.30. The molecule has 0 aromatic carbocycles. The van der Waals surface area contributed by atoms with Crippen molar-refractivity contribution >= 4 is 11.8 Å². The highest BCUT2D eigenvalue weighted by molar-refractivity contribution is 7.99. The second-order valence-corrected chi connectivity index (χ2v) is 7.51. The number of nitrogens with zero attached hydrogens (tertiary/aromatic N) is 6. The summed E-state index contributed by atoms with van der Waals surface area (Å²) in [6.45, 7) is 5.49. The van der Waals surface area contributed by atoms with Gasteiger partial charge in [-0.2, -0.15) is 0 Å². The van der Waals surface area contributed by atoms with E-state index in [1.807, 2.05) is 23.7 Å². The van der Waals surface area contributed by atoms with Gasteiger partial charge >= 0.3 is 0 Å². The van der Waals surface area contributed by atoms with Crippen LogP contribution in [0.3, 0.4) is 0 Å². The summed E-state index contributed by atoms with van der Waals surface area (Å²) in [4.78, 5) is 12.1. The molecule has 3 aromatic heterocycles. The Bertz CT molecular complexity index is 823. The highest BCUT2D eigenvalue weighted by Gasteiger charge is 2.14. The molecule has 8 nitrogen and oxygen atoms in total. The Morgan fingerprint density at radius 1 is 1.23 bits per heavy atom. The summed E-state index contributed by atoms with van der Waals surface area (Å²) in [5.41, 5.74) is 2.18. The third-order valence-corrected chi connectivity index (χ3v) is 5.02. The number of hydrogen-bond donors (Lipinski definition) is 1. The monoisotopic (exact) mass is 375 g/mol. The minimum atomic E-state index is 0.736. The third kappa shape index (κ3) is 4.96. The van der Waals surface area contributed by atoms with Crippen molar-refractivity contribution in [3.63, 3.8) is 0 Å². The molecule has 26 heavy (non-hydrogen) atoms. The molecule has 0 aliphatic heterocycles. The lowest BCUT2D eigenvalue weighted by atomic mass is 10.3. The molecule has 140 valence electrons. The largest absolute Gasteiger partial charge is 0.453 e. The minimum Gasteiger partial charge on any atom is -0.453 e. The molecule has 0 radical (unpaired) electrons. The predicted octanol–water partition coefficient (Wildman–Crippen LogP) is 2.15. The van der Waals surface area contributed by atoms with Crippen molar-refractivity contribution < 1.29 is 4.42 Å². The smallest absolute Gasteiger partial charge is 0.198 e. The van der Waals surface area contributed by atoms with E-state index in [2.05, 4.69) is 51.0 Å². The lowest BCUT2D eigenvalue weighted by Crippen LogP contribution is -2.31. The molecule has 0 unspecified atom stereocenters. The van der Waals surface area contributed by atoms with Crippen molar-refractivity contribution in [3.8, 4) is 0 Å². The highest BCUT2D eigenvalue weighted by atomic mass is 32.2. The summed E-state index contributed by atoms with van der Waals surface area (Å²) in [6, 6.07) is 4.01. The second-order valence-electron chi connectivity index (χ2n) is 6.54. The van der Waals surface area contributed by atoms with Gasteiger partial charge in [-0.15, -0.1) is 10.2 Å². The summed E-state index contributed by atoms with van der Waals surface area (Å²) < 4.78 is 7.87. The van der Waals surface area contributed by atoms with E-state index in [0.717, 1.165) is 53.6 Å². The van der Waals surface area contributed by atoms with Crippen LogP contribution in [0.15, 0.2) is 39.5 Å². The Kier molecular flexibility index (Phi) is 6.12. The van der Waals surface area contributed by atoms with Crippen LogP contribution in [0.4, 0.5) is 0 Å². The lowest BCUT2D eigenvalue weighted by molar-refractivity contribution is 0.204. The van der Waals surface area contributed by atoms with E-state index in [1.54, 1.807) is 12.7 Å². The highest BCUT2D eigenvalue weighted by Crippen LogP contribution is 2.27. The van der Waals surface area contributed by atoms with Gasteiger partial charge in [0, 0.05) is 32.4 Å². The first-order chi connectivity index (χ1) is 12.5. The molecular formula is C17H25N7OS.